The Balaban J connectivity index is 1.79. The number of alkyl halides is 3. The van der Waals surface area contributed by atoms with Gasteiger partial charge in [0.25, 0.3) is 5.91 Å². The number of fused-ring (bicyclic) bond motifs is 1. The second kappa shape index (κ2) is 7.00. The Kier molecular flexibility index (Phi) is 4.99. The fourth-order valence-corrected chi connectivity index (χ4v) is 3.03. The van der Waals surface area contributed by atoms with E-state index in [4.69, 9.17) is 0 Å². The van der Waals surface area contributed by atoms with E-state index in [1.54, 1.807) is 13.1 Å². The molecule has 2 aromatic heterocycles. The van der Waals surface area contributed by atoms with Gasteiger partial charge in [-0.25, -0.2) is 4.98 Å². The standard InChI is InChI=1S/C20H23F3N4O/c1-19(2,3)14-6-5-13-9-16(25-15(13)10-14)18(28)26(4)11-17-24-7-8-27(17)12-20(21,22)23/h5-10,25H,11-12H2,1-4H3. The molecule has 1 amide bonds. The number of H-pyrrole nitrogens is 1. The van der Waals surface area contributed by atoms with Crippen LogP contribution in [-0.4, -0.2) is 38.6 Å². The van der Waals surface area contributed by atoms with Gasteiger partial charge in [0.2, 0.25) is 0 Å². The van der Waals surface area contributed by atoms with Crippen molar-refractivity contribution in [2.45, 2.75) is 45.5 Å². The first-order chi connectivity index (χ1) is 12.9. The molecule has 150 valence electrons. The highest BCUT2D eigenvalue weighted by Gasteiger charge is 2.29. The maximum absolute atomic E-state index is 12.8. The monoisotopic (exact) mass is 392 g/mol. The van der Waals surface area contributed by atoms with Crippen molar-refractivity contribution in [3.8, 4) is 0 Å². The van der Waals surface area contributed by atoms with E-state index in [9.17, 15) is 18.0 Å². The molecule has 1 aromatic carbocycles. The first kappa shape index (κ1) is 20.0. The summed E-state index contributed by atoms with van der Waals surface area (Å²) in [5, 5.41) is 0.906. The van der Waals surface area contributed by atoms with Gasteiger partial charge >= 0.3 is 6.18 Å². The molecule has 0 fully saturated rings. The summed E-state index contributed by atoms with van der Waals surface area (Å²) in [6.07, 6.45) is -1.78. The van der Waals surface area contributed by atoms with Gasteiger partial charge in [-0.05, 0) is 23.1 Å². The zero-order valence-corrected chi connectivity index (χ0v) is 16.3. The third-order valence-corrected chi connectivity index (χ3v) is 4.60. The van der Waals surface area contributed by atoms with Gasteiger partial charge in [-0.3, -0.25) is 4.79 Å². The number of carbonyl (C=O) groups excluding carboxylic acids is 1. The number of carbonyl (C=O) groups is 1. The smallest absolute Gasteiger partial charge is 0.351 e. The number of aromatic nitrogens is 3. The van der Waals surface area contributed by atoms with Crippen molar-refractivity contribution in [2.24, 2.45) is 0 Å². The van der Waals surface area contributed by atoms with Gasteiger partial charge in [-0.1, -0.05) is 32.9 Å². The van der Waals surface area contributed by atoms with Crippen molar-refractivity contribution < 1.29 is 18.0 Å². The van der Waals surface area contributed by atoms with Crippen LogP contribution in [-0.2, 0) is 18.5 Å². The maximum Gasteiger partial charge on any atom is 0.406 e. The van der Waals surface area contributed by atoms with Gasteiger partial charge < -0.3 is 14.5 Å². The molecule has 8 heteroatoms. The summed E-state index contributed by atoms with van der Waals surface area (Å²) in [6, 6.07) is 7.76. The lowest BCUT2D eigenvalue weighted by Crippen LogP contribution is -2.29. The molecule has 0 aliphatic heterocycles. The van der Waals surface area contributed by atoms with Gasteiger partial charge in [0, 0.05) is 30.3 Å². The molecule has 28 heavy (non-hydrogen) atoms. The molecule has 0 saturated carbocycles. The van der Waals surface area contributed by atoms with Crippen molar-refractivity contribution >= 4 is 16.8 Å². The maximum atomic E-state index is 12.8. The fourth-order valence-electron chi connectivity index (χ4n) is 3.03. The van der Waals surface area contributed by atoms with E-state index in [1.165, 1.54) is 17.3 Å². The van der Waals surface area contributed by atoms with E-state index in [0.717, 1.165) is 21.0 Å². The second-order valence-electron chi connectivity index (χ2n) is 7.98. The molecule has 0 aliphatic rings. The van der Waals surface area contributed by atoms with Crippen LogP contribution in [0.3, 0.4) is 0 Å². The quantitative estimate of drug-likeness (QED) is 0.711. The highest BCUT2D eigenvalue weighted by Crippen LogP contribution is 2.26. The Bertz CT molecular complexity index is 995. The summed E-state index contributed by atoms with van der Waals surface area (Å²) in [6.45, 7) is 5.18. The third-order valence-electron chi connectivity index (χ3n) is 4.60. The summed E-state index contributed by atoms with van der Waals surface area (Å²) < 4.78 is 39.0. The molecule has 0 radical (unpaired) electrons. The minimum absolute atomic E-state index is 0.0180. The summed E-state index contributed by atoms with van der Waals surface area (Å²) in [5.74, 6) is -0.130. The molecule has 0 bridgehead atoms. The largest absolute Gasteiger partial charge is 0.406 e. The SMILES string of the molecule is CN(Cc1nccn1CC(F)(F)F)C(=O)c1cc2ccc(C(C)(C)C)cc2[nH]1. The van der Waals surface area contributed by atoms with Gasteiger partial charge in [0.1, 0.15) is 18.1 Å². The molecule has 0 aliphatic carbocycles. The minimum Gasteiger partial charge on any atom is -0.351 e. The lowest BCUT2D eigenvalue weighted by atomic mass is 9.87. The first-order valence-electron chi connectivity index (χ1n) is 8.89. The number of nitrogens with zero attached hydrogens (tertiary/aromatic N) is 3. The van der Waals surface area contributed by atoms with Crippen LogP contribution in [0, 0.1) is 0 Å². The predicted molar refractivity (Wildman–Crippen MR) is 101 cm³/mol. The third kappa shape index (κ3) is 4.37. The number of hydrogen-bond acceptors (Lipinski definition) is 2. The van der Waals surface area contributed by atoms with Crippen LogP contribution < -0.4 is 0 Å². The first-order valence-corrected chi connectivity index (χ1v) is 8.89. The van der Waals surface area contributed by atoms with E-state index in [-0.39, 0.29) is 23.7 Å². The minimum atomic E-state index is -4.35. The van der Waals surface area contributed by atoms with Gasteiger partial charge in [0.05, 0.1) is 6.54 Å². The summed E-state index contributed by atoms with van der Waals surface area (Å²) in [5.41, 5.74) is 2.36. The topological polar surface area (TPSA) is 53.9 Å². The van der Waals surface area contributed by atoms with Crippen LogP contribution >= 0.6 is 0 Å². The van der Waals surface area contributed by atoms with Crippen LogP contribution in [0.1, 0.15) is 42.6 Å². The Hall–Kier alpha value is -2.77. The highest BCUT2D eigenvalue weighted by atomic mass is 19.4. The Morgan fingerprint density at radius 1 is 1.21 bits per heavy atom. The van der Waals surface area contributed by atoms with Crippen LogP contribution in [0.5, 0.6) is 0 Å². The number of halogens is 3. The molecule has 0 unspecified atom stereocenters. The number of aromatic amines is 1. The number of nitrogens with one attached hydrogen (secondary N) is 1. The fraction of sp³-hybridized carbons (Fsp3) is 0.400. The molecule has 0 saturated heterocycles. The Morgan fingerprint density at radius 2 is 1.93 bits per heavy atom. The number of amides is 1. The molecule has 2 heterocycles. The molecule has 3 rings (SSSR count). The van der Waals surface area contributed by atoms with Crippen molar-refractivity contribution in [3.63, 3.8) is 0 Å². The second-order valence-corrected chi connectivity index (χ2v) is 7.98. The molecular weight excluding hydrogens is 369 g/mol. The Morgan fingerprint density at radius 3 is 2.57 bits per heavy atom. The van der Waals surface area contributed by atoms with Crippen molar-refractivity contribution in [2.75, 3.05) is 7.05 Å². The number of benzene rings is 1. The summed E-state index contributed by atoms with van der Waals surface area (Å²) in [4.78, 5) is 21.2. The van der Waals surface area contributed by atoms with Crippen molar-refractivity contribution in [1.82, 2.24) is 19.4 Å². The zero-order valence-electron chi connectivity index (χ0n) is 16.3. The lowest BCUT2D eigenvalue weighted by molar-refractivity contribution is -0.141. The molecular formula is C20H23F3N4O. The van der Waals surface area contributed by atoms with Gasteiger partial charge in [-0.15, -0.1) is 0 Å². The average Bonchev–Trinajstić information content (AvgIpc) is 3.17. The normalized spacial score (nSPS) is 12.5. The van der Waals surface area contributed by atoms with E-state index in [1.807, 2.05) is 18.2 Å². The van der Waals surface area contributed by atoms with Crippen LogP contribution in [0.4, 0.5) is 13.2 Å². The van der Waals surface area contributed by atoms with Gasteiger partial charge in [0.15, 0.2) is 0 Å². The van der Waals surface area contributed by atoms with Crippen LogP contribution in [0.2, 0.25) is 0 Å². The van der Waals surface area contributed by atoms with E-state index >= 15 is 0 Å². The number of imidazole rings is 1. The molecule has 0 atom stereocenters. The number of hydrogen-bond donors (Lipinski definition) is 1. The average molecular weight is 392 g/mol. The van der Waals surface area contributed by atoms with Crippen molar-refractivity contribution in [3.05, 3.63) is 53.7 Å². The van der Waals surface area contributed by atoms with Crippen molar-refractivity contribution in [1.29, 1.82) is 0 Å². The van der Waals surface area contributed by atoms with Gasteiger partial charge in [-0.2, -0.15) is 13.2 Å². The van der Waals surface area contributed by atoms with Crippen LogP contribution in [0.15, 0.2) is 36.7 Å². The Labute approximate surface area is 161 Å². The predicted octanol–water partition coefficient (Wildman–Crippen LogP) is 4.50. The number of rotatable bonds is 4. The van der Waals surface area contributed by atoms with E-state index in [2.05, 4.69) is 30.7 Å². The molecule has 5 nitrogen and oxygen atoms in total. The lowest BCUT2D eigenvalue weighted by Gasteiger charge is -2.18. The van der Waals surface area contributed by atoms with E-state index in [0.29, 0.717) is 5.69 Å². The zero-order chi connectivity index (χ0) is 20.7. The summed E-state index contributed by atoms with van der Waals surface area (Å²) in [7, 11) is 1.54. The van der Waals surface area contributed by atoms with E-state index < -0.39 is 12.7 Å². The van der Waals surface area contributed by atoms with Crippen LogP contribution in [0.25, 0.3) is 10.9 Å². The molecule has 0 spiro atoms. The molecule has 1 N–H and O–H groups in total. The molecule has 3 aromatic rings. The highest BCUT2D eigenvalue weighted by molar-refractivity contribution is 5.98. The summed E-state index contributed by atoms with van der Waals surface area (Å²) >= 11 is 0.